The van der Waals surface area contributed by atoms with Gasteiger partial charge < -0.3 is 20.5 Å². The third-order valence-corrected chi connectivity index (χ3v) is 3.27. The van der Waals surface area contributed by atoms with E-state index in [1.165, 1.54) is 18.2 Å². The first-order valence-electron chi connectivity index (χ1n) is 6.07. The second kappa shape index (κ2) is 5.78. The van der Waals surface area contributed by atoms with Gasteiger partial charge in [-0.2, -0.15) is 0 Å². The molecule has 0 aliphatic carbocycles. The van der Waals surface area contributed by atoms with Gasteiger partial charge in [-0.05, 0) is 25.1 Å². The number of rotatable bonds is 5. The Hall–Kier alpha value is -1.63. The molecule has 1 amide bonds. The molecule has 0 radical (unpaired) electrons. The van der Waals surface area contributed by atoms with E-state index in [4.69, 9.17) is 21.4 Å². The fourth-order valence-electron chi connectivity index (χ4n) is 1.81. The largest absolute Gasteiger partial charge is 0.478 e. The molecule has 1 aromatic carbocycles. The molecule has 20 heavy (non-hydrogen) atoms. The summed E-state index contributed by atoms with van der Waals surface area (Å²) in [5, 5.41) is 14.9. The topological polar surface area (TPSA) is 87.7 Å². The lowest BCUT2D eigenvalue weighted by Gasteiger charge is -2.38. The molecule has 6 nitrogen and oxygen atoms in total. The van der Waals surface area contributed by atoms with E-state index in [1.54, 1.807) is 0 Å². The number of amides is 1. The first-order chi connectivity index (χ1) is 9.39. The van der Waals surface area contributed by atoms with E-state index >= 15 is 0 Å². The minimum absolute atomic E-state index is 0.0534. The normalized spacial score (nSPS) is 16.3. The van der Waals surface area contributed by atoms with Crippen molar-refractivity contribution in [2.24, 2.45) is 0 Å². The minimum atomic E-state index is -1.15. The zero-order valence-corrected chi connectivity index (χ0v) is 11.7. The van der Waals surface area contributed by atoms with Crippen LogP contribution < -0.4 is 10.6 Å². The molecular formula is C13H15ClN2O4. The van der Waals surface area contributed by atoms with Gasteiger partial charge in [0.15, 0.2) is 0 Å². The maximum Gasteiger partial charge on any atom is 0.337 e. The van der Waals surface area contributed by atoms with E-state index in [2.05, 4.69) is 10.6 Å². The molecule has 1 saturated heterocycles. The van der Waals surface area contributed by atoms with Crippen molar-refractivity contribution >= 4 is 29.2 Å². The Morgan fingerprint density at radius 1 is 1.50 bits per heavy atom. The summed E-state index contributed by atoms with van der Waals surface area (Å²) in [5.74, 6) is -1.55. The lowest BCUT2D eigenvalue weighted by Crippen LogP contribution is -2.59. The highest BCUT2D eigenvalue weighted by atomic mass is 35.5. The third-order valence-electron chi connectivity index (χ3n) is 3.04. The Morgan fingerprint density at radius 2 is 2.20 bits per heavy atom. The van der Waals surface area contributed by atoms with Crippen molar-refractivity contribution in [3.63, 3.8) is 0 Å². The second-order valence-corrected chi connectivity index (χ2v) is 5.32. The average Bonchev–Trinajstić information content (AvgIpc) is 2.36. The van der Waals surface area contributed by atoms with Crippen molar-refractivity contribution in [3.8, 4) is 0 Å². The van der Waals surface area contributed by atoms with Gasteiger partial charge in [-0.1, -0.05) is 11.6 Å². The summed E-state index contributed by atoms with van der Waals surface area (Å²) >= 11 is 5.74. The van der Waals surface area contributed by atoms with Crippen LogP contribution in [0.25, 0.3) is 0 Å². The highest BCUT2D eigenvalue weighted by molar-refractivity contribution is 6.31. The summed E-state index contributed by atoms with van der Waals surface area (Å²) < 4.78 is 5.48. The number of benzene rings is 1. The van der Waals surface area contributed by atoms with Crippen molar-refractivity contribution < 1.29 is 19.4 Å². The van der Waals surface area contributed by atoms with Crippen molar-refractivity contribution in [3.05, 3.63) is 28.8 Å². The second-order valence-electron chi connectivity index (χ2n) is 4.89. The zero-order valence-electron chi connectivity index (χ0n) is 10.9. The van der Waals surface area contributed by atoms with E-state index in [-0.39, 0.29) is 23.5 Å². The van der Waals surface area contributed by atoms with Crippen LogP contribution in [0.15, 0.2) is 18.2 Å². The summed E-state index contributed by atoms with van der Waals surface area (Å²) in [6.45, 7) is 3.17. The van der Waals surface area contributed by atoms with Crippen LogP contribution in [0.5, 0.6) is 0 Å². The maximum atomic E-state index is 11.8. The number of carboxylic acid groups (broad SMARTS) is 1. The number of anilines is 1. The Kier molecular flexibility index (Phi) is 4.27. The van der Waals surface area contributed by atoms with Crippen LogP contribution in [-0.4, -0.2) is 42.3 Å². The van der Waals surface area contributed by atoms with E-state index in [0.717, 1.165) is 0 Å². The number of carboxylic acids is 1. The molecule has 1 heterocycles. The molecule has 1 aliphatic rings. The molecule has 0 spiro atoms. The summed E-state index contributed by atoms with van der Waals surface area (Å²) in [7, 11) is 0. The van der Waals surface area contributed by atoms with Gasteiger partial charge in [0, 0.05) is 18.1 Å². The van der Waals surface area contributed by atoms with Gasteiger partial charge in [0.2, 0.25) is 5.91 Å². The van der Waals surface area contributed by atoms with Crippen LogP contribution in [0.4, 0.5) is 5.69 Å². The van der Waals surface area contributed by atoms with Crippen molar-refractivity contribution in [2.75, 3.05) is 25.0 Å². The summed E-state index contributed by atoms with van der Waals surface area (Å²) in [5.41, 5.74) is -0.178. The molecule has 1 aromatic rings. The molecule has 0 bridgehead atoms. The molecule has 0 saturated carbocycles. The first kappa shape index (κ1) is 14.8. The fourth-order valence-corrected chi connectivity index (χ4v) is 1.98. The number of aromatic carboxylic acids is 1. The van der Waals surface area contributed by atoms with Gasteiger partial charge in [0.25, 0.3) is 0 Å². The van der Waals surface area contributed by atoms with Crippen molar-refractivity contribution in [2.45, 2.75) is 12.5 Å². The molecule has 2 rings (SSSR count). The number of nitrogens with one attached hydrogen (secondary N) is 2. The molecule has 1 fully saturated rings. The van der Waals surface area contributed by atoms with Crippen LogP contribution in [0, 0.1) is 0 Å². The highest BCUT2D eigenvalue weighted by Gasteiger charge is 2.33. The first-order valence-corrected chi connectivity index (χ1v) is 6.45. The van der Waals surface area contributed by atoms with E-state index in [0.29, 0.717) is 18.1 Å². The molecule has 0 unspecified atom stereocenters. The average molecular weight is 299 g/mol. The number of hydrogen-bond donors (Lipinski definition) is 3. The quantitative estimate of drug-likeness (QED) is 0.764. The molecule has 3 N–H and O–H groups in total. The van der Waals surface area contributed by atoms with Crippen LogP contribution in [-0.2, 0) is 9.53 Å². The molecule has 108 valence electrons. The third kappa shape index (κ3) is 3.47. The molecule has 0 atom stereocenters. The molecule has 0 aromatic heterocycles. The van der Waals surface area contributed by atoms with E-state index < -0.39 is 11.9 Å². The van der Waals surface area contributed by atoms with Gasteiger partial charge in [0.1, 0.15) is 6.61 Å². The Balaban J connectivity index is 1.98. The Labute approximate surface area is 121 Å². The fraction of sp³-hybridized carbons (Fsp3) is 0.385. The maximum absolute atomic E-state index is 11.8. The predicted octanol–water partition coefficient (Wildman–Crippen LogP) is 1.36. The van der Waals surface area contributed by atoms with Crippen molar-refractivity contribution in [1.29, 1.82) is 0 Å². The van der Waals surface area contributed by atoms with Crippen LogP contribution >= 0.6 is 11.6 Å². The zero-order chi connectivity index (χ0) is 14.8. The number of hydrogen-bond acceptors (Lipinski definition) is 4. The SMILES string of the molecule is CC1(OCC(=O)Nc2ccc(Cl)cc2C(=O)O)CNC1. The number of carbonyl (C=O) groups is 2. The number of ether oxygens (including phenoxy) is 1. The minimum Gasteiger partial charge on any atom is -0.478 e. The molecule has 1 aliphatic heterocycles. The van der Waals surface area contributed by atoms with Gasteiger partial charge in [-0.15, -0.1) is 0 Å². The summed E-state index contributed by atoms with van der Waals surface area (Å²) in [6.07, 6.45) is 0. The summed E-state index contributed by atoms with van der Waals surface area (Å²) in [6, 6.07) is 4.26. The van der Waals surface area contributed by atoms with Crippen LogP contribution in [0.1, 0.15) is 17.3 Å². The Bertz CT molecular complexity index is 543. The smallest absolute Gasteiger partial charge is 0.337 e. The van der Waals surface area contributed by atoms with E-state index in [9.17, 15) is 9.59 Å². The standard InChI is InChI=1S/C13H15ClN2O4/c1-13(6-15-7-13)20-5-11(17)16-10-3-2-8(14)4-9(10)12(18)19/h2-4,15H,5-7H2,1H3,(H,16,17)(H,18,19). The number of carbonyl (C=O) groups excluding carboxylic acids is 1. The summed E-state index contributed by atoms with van der Waals surface area (Å²) in [4.78, 5) is 22.9. The van der Waals surface area contributed by atoms with Crippen LogP contribution in [0.3, 0.4) is 0 Å². The molecule has 7 heteroatoms. The number of halogens is 1. The van der Waals surface area contributed by atoms with E-state index in [1.807, 2.05) is 6.92 Å². The monoisotopic (exact) mass is 298 g/mol. The van der Waals surface area contributed by atoms with Gasteiger partial charge >= 0.3 is 5.97 Å². The lowest BCUT2D eigenvalue weighted by molar-refractivity contribution is -0.130. The van der Waals surface area contributed by atoms with Gasteiger partial charge in [-0.3, -0.25) is 4.79 Å². The molecular weight excluding hydrogens is 284 g/mol. The van der Waals surface area contributed by atoms with Crippen LogP contribution in [0.2, 0.25) is 5.02 Å². The highest BCUT2D eigenvalue weighted by Crippen LogP contribution is 2.21. The van der Waals surface area contributed by atoms with Gasteiger partial charge in [0.05, 0.1) is 16.9 Å². The van der Waals surface area contributed by atoms with Gasteiger partial charge in [-0.25, -0.2) is 4.79 Å². The Morgan fingerprint density at radius 3 is 2.75 bits per heavy atom. The predicted molar refractivity (Wildman–Crippen MR) is 74.3 cm³/mol. The lowest BCUT2D eigenvalue weighted by atomic mass is 10.0. The van der Waals surface area contributed by atoms with Crippen molar-refractivity contribution in [1.82, 2.24) is 5.32 Å².